The van der Waals surface area contributed by atoms with E-state index in [1.54, 1.807) is 31.3 Å². The SMILES string of the molecule is C[NH+](CC(=O)Nc1ccc(OC(F)(F)F)cc1)Cc1nc2ccccc2c(=O)[nH]1. The zero-order valence-corrected chi connectivity index (χ0v) is 15.3. The lowest BCUT2D eigenvalue weighted by Gasteiger charge is -2.14. The molecule has 1 amide bonds. The Morgan fingerprint density at radius 1 is 1.17 bits per heavy atom. The first-order valence-electron chi connectivity index (χ1n) is 8.64. The molecule has 1 atom stereocenters. The summed E-state index contributed by atoms with van der Waals surface area (Å²) >= 11 is 0. The van der Waals surface area contributed by atoms with E-state index in [1.807, 2.05) is 0 Å². The average molecular weight is 407 g/mol. The van der Waals surface area contributed by atoms with Gasteiger partial charge >= 0.3 is 6.36 Å². The van der Waals surface area contributed by atoms with Gasteiger partial charge in [-0.1, -0.05) is 12.1 Å². The third kappa shape index (κ3) is 5.79. The second-order valence-corrected chi connectivity index (χ2v) is 6.46. The van der Waals surface area contributed by atoms with Crippen LogP contribution in [0.4, 0.5) is 18.9 Å². The highest BCUT2D eigenvalue weighted by Gasteiger charge is 2.31. The van der Waals surface area contributed by atoms with Gasteiger partial charge in [-0.3, -0.25) is 9.59 Å². The number of halogens is 3. The van der Waals surface area contributed by atoms with Crippen molar-refractivity contribution in [1.82, 2.24) is 9.97 Å². The topological polar surface area (TPSA) is 88.5 Å². The minimum Gasteiger partial charge on any atom is -0.406 e. The lowest BCUT2D eigenvalue weighted by molar-refractivity contribution is -0.885. The largest absolute Gasteiger partial charge is 0.573 e. The van der Waals surface area contributed by atoms with Gasteiger partial charge in [0.25, 0.3) is 11.5 Å². The van der Waals surface area contributed by atoms with Crippen LogP contribution in [0, 0.1) is 0 Å². The highest BCUT2D eigenvalue weighted by atomic mass is 19.4. The van der Waals surface area contributed by atoms with Crippen molar-refractivity contribution in [2.24, 2.45) is 0 Å². The number of carbonyl (C=O) groups excluding carboxylic acids is 1. The monoisotopic (exact) mass is 407 g/mol. The molecule has 0 saturated heterocycles. The zero-order chi connectivity index (χ0) is 21.0. The normalized spacial score (nSPS) is 12.6. The Kier molecular flexibility index (Phi) is 5.83. The number of nitrogens with zero attached hydrogens (tertiary/aromatic N) is 1. The van der Waals surface area contributed by atoms with Gasteiger partial charge in [0.2, 0.25) is 0 Å². The van der Waals surface area contributed by atoms with Crippen LogP contribution in [0.3, 0.4) is 0 Å². The van der Waals surface area contributed by atoms with Gasteiger partial charge in [0.15, 0.2) is 12.4 Å². The van der Waals surface area contributed by atoms with Crippen LogP contribution in [0.2, 0.25) is 0 Å². The van der Waals surface area contributed by atoms with E-state index < -0.39 is 6.36 Å². The highest BCUT2D eigenvalue weighted by molar-refractivity contribution is 5.91. The Balaban J connectivity index is 1.57. The van der Waals surface area contributed by atoms with Crippen molar-refractivity contribution < 1.29 is 27.6 Å². The second-order valence-electron chi connectivity index (χ2n) is 6.46. The van der Waals surface area contributed by atoms with Crippen LogP contribution < -0.4 is 20.5 Å². The van der Waals surface area contributed by atoms with Crippen LogP contribution in [0.1, 0.15) is 5.82 Å². The predicted molar refractivity (Wildman–Crippen MR) is 99.6 cm³/mol. The Morgan fingerprint density at radius 3 is 2.55 bits per heavy atom. The fraction of sp³-hybridized carbons (Fsp3) is 0.211. The molecule has 10 heteroatoms. The molecule has 3 aromatic rings. The molecule has 2 aromatic carbocycles. The number of likely N-dealkylation sites (N-methyl/N-ethyl adjacent to an activating group) is 1. The number of rotatable bonds is 6. The number of anilines is 1. The van der Waals surface area contributed by atoms with Crippen LogP contribution in [0.5, 0.6) is 5.75 Å². The Morgan fingerprint density at radius 2 is 1.86 bits per heavy atom. The number of ether oxygens (including phenoxy) is 1. The summed E-state index contributed by atoms with van der Waals surface area (Å²) in [5.41, 5.74) is 0.670. The summed E-state index contributed by atoms with van der Waals surface area (Å²) in [4.78, 5) is 32.1. The Hall–Kier alpha value is -3.40. The summed E-state index contributed by atoms with van der Waals surface area (Å²) in [6.07, 6.45) is -4.77. The van der Waals surface area contributed by atoms with Crippen LogP contribution in [-0.4, -0.2) is 35.8 Å². The molecule has 0 fully saturated rings. The van der Waals surface area contributed by atoms with Gasteiger partial charge in [-0.25, -0.2) is 4.98 Å². The number of para-hydroxylation sites is 1. The standard InChI is InChI=1S/C19H17F3N4O3/c1-26(10-16-24-15-5-3-2-4-14(15)18(28)25-16)11-17(27)23-12-6-8-13(9-7-12)29-19(20,21)22/h2-9H,10-11H2,1H3,(H,23,27)(H,24,25,28)/p+1. The number of benzene rings is 2. The first-order valence-corrected chi connectivity index (χ1v) is 8.64. The van der Waals surface area contributed by atoms with Gasteiger partial charge in [-0.05, 0) is 36.4 Å². The molecule has 152 valence electrons. The molecule has 0 bridgehead atoms. The summed E-state index contributed by atoms with van der Waals surface area (Å²) in [6.45, 7) is 0.378. The van der Waals surface area contributed by atoms with E-state index >= 15 is 0 Å². The molecule has 29 heavy (non-hydrogen) atoms. The summed E-state index contributed by atoms with van der Waals surface area (Å²) in [5, 5.41) is 3.09. The minimum atomic E-state index is -4.77. The molecule has 0 aliphatic carbocycles. The smallest absolute Gasteiger partial charge is 0.406 e. The molecular weight excluding hydrogens is 389 g/mol. The van der Waals surface area contributed by atoms with Crippen molar-refractivity contribution in [3.63, 3.8) is 0 Å². The molecule has 3 rings (SSSR count). The number of aromatic amines is 1. The van der Waals surface area contributed by atoms with Crippen molar-refractivity contribution in [1.29, 1.82) is 0 Å². The molecule has 0 saturated carbocycles. The fourth-order valence-electron chi connectivity index (χ4n) is 2.79. The van der Waals surface area contributed by atoms with Crippen LogP contribution >= 0.6 is 0 Å². The van der Waals surface area contributed by atoms with E-state index in [4.69, 9.17) is 0 Å². The summed E-state index contributed by atoms with van der Waals surface area (Å²) in [6, 6.07) is 11.8. The van der Waals surface area contributed by atoms with Gasteiger partial charge in [-0.15, -0.1) is 13.2 Å². The van der Waals surface area contributed by atoms with Gasteiger partial charge in [0, 0.05) is 5.69 Å². The minimum absolute atomic E-state index is 0.0668. The van der Waals surface area contributed by atoms with Crippen molar-refractivity contribution in [3.8, 4) is 5.75 Å². The number of amides is 1. The van der Waals surface area contributed by atoms with Crippen molar-refractivity contribution in [2.45, 2.75) is 12.9 Å². The van der Waals surface area contributed by atoms with Crippen molar-refractivity contribution >= 4 is 22.5 Å². The Bertz CT molecular complexity index is 1060. The molecule has 0 spiro atoms. The summed E-state index contributed by atoms with van der Waals surface area (Å²) in [5.74, 6) is -0.257. The number of hydrogen-bond donors (Lipinski definition) is 3. The summed E-state index contributed by atoms with van der Waals surface area (Å²) in [7, 11) is 1.76. The number of fused-ring (bicyclic) bond motifs is 1. The van der Waals surface area contributed by atoms with E-state index in [1.165, 1.54) is 12.1 Å². The van der Waals surface area contributed by atoms with E-state index in [0.717, 1.165) is 17.0 Å². The van der Waals surface area contributed by atoms with E-state index in [-0.39, 0.29) is 23.8 Å². The highest BCUT2D eigenvalue weighted by Crippen LogP contribution is 2.23. The number of carbonyl (C=O) groups is 1. The lowest BCUT2D eigenvalue weighted by Crippen LogP contribution is -3.08. The number of quaternary nitrogens is 1. The molecule has 0 radical (unpaired) electrons. The first-order chi connectivity index (χ1) is 13.7. The molecular formula is C19H18F3N4O3+. The van der Waals surface area contributed by atoms with Gasteiger partial charge in [0.1, 0.15) is 12.3 Å². The quantitative estimate of drug-likeness (QED) is 0.578. The lowest BCUT2D eigenvalue weighted by atomic mass is 10.2. The average Bonchev–Trinajstić information content (AvgIpc) is 2.62. The molecule has 1 aromatic heterocycles. The number of H-pyrrole nitrogens is 1. The maximum absolute atomic E-state index is 12.2. The van der Waals surface area contributed by atoms with Crippen molar-refractivity contribution in [2.75, 3.05) is 18.9 Å². The maximum Gasteiger partial charge on any atom is 0.573 e. The number of aromatic nitrogens is 2. The predicted octanol–water partition coefficient (Wildman–Crippen LogP) is 1.48. The fourth-order valence-corrected chi connectivity index (χ4v) is 2.79. The van der Waals surface area contributed by atoms with E-state index in [9.17, 15) is 22.8 Å². The number of nitrogens with one attached hydrogen (secondary N) is 3. The molecule has 0 aliphatic heterocycles. The first kappa shape index (κ1) is 20.3. The van der Waals surface area contributed by atoms with Gasteiger partial charge in [0.05, 0.1) is 18.0 Å². The molecule has 7 nitrogen and oxygen atoms in total. The molecule has 1 heterocycles. The number of hydrogen-bond acceptors (Lipinski definition) is 4. The van der Waals surface area contributed by atoms with Gasteiger partial charge in [-0.2, -0.15) is 0 Å². The van der Waals surface area contributed by atoms with Crippen LogP contribution in [0.25, 0.3) is 10.9 Å². The molecule has 3 N–H and O–H groups in total. The van der Waals surface area contributed by atoms with Crippen LogP contribution in [0.15, 0.2) is 53.3 Å². The van der Waals surface area contributed by atoms with E-state index in [2.05, 4.69) is 20.0 Å². The third-order valence-electron chi connectivity index (χ3n) is 3.97. The van der Waals surface area contributed by atoms with Crippen LogP contribution in [-0.2, 0) is 11.3 Å². The van der Waals surface area contributed by atoms with Crippen molar-refractivity contribution in [3.05, 3.63) is 64.7 Å². The van der Waals surface area contributed by atoms with Gasteiger partial charge < -0.3 is 19.9 Å². The maximum atomic E-state index is 12.2. The Labute approximate surface area is 163 Å². The zero-order valence-electron chi connectivity index (χ0n) is 15.3. The molecule has 0 aliphatic rings. The number of alkyl halides is 3. The molecule has 1 unspecified atom stereocenters. The van der Waals surface area contributed by atoms with E-state index in [0.29, 0.717) is 29.0 Å². The third-order valence-corrected chi connectivity index (χ3v) is 3.97. The second kappa shape index (κ2) is 8.31. The summed E-state index contributed by atoms with van der Waals surface area (Å²) < 4.78 is 40.3.